The number of nitrogens with zero attached hydrogens (tertiary/aromatic N) is 5. The van der Waals surface area contributed by atoms with Gasteiger partial charge in [-0.3, -0.25) is 4.79 Å². The van der Waals surface area contributed by atoms with Gasteiger partial charge in [-0.2, -0.15) is 0 Å². The van der Waals surface area contributed by atoms with Crippen LogP contribution in [0.5, 0.6) is 5.88 Å². The van der Waals surface area contributed by atoms with Crippen molar-refractivity contribution < 1.29 is 14.6 Å². The second kappa shape index (κ2) is 9.54. The van der Waals surface area contributed by atoms with Gasteiger partial charge in [-0.15, -0.1) is 0 Å². The normalized spacial score (nSPS) is 19.1. The van der Waals surface area contributed by atoms with Crippen molar-refractivity contribution in [2.75, 3.05) is 25.5 Å². The number of aryl methyl sites for hydroxylation is 2. The van der Waals surface area contributed by atoms with Crippen molar-refractivity contribution in [1.29, 1.82) is 0 Å². The SMILES string of the molecule is COc1cc([C@@H](C)C(=O)N2C[C@@H](Nc3ccc(-c4cn(C)c(C(C)(C)O)n4)c(C)n3)C3(CC3)C2)c(Cl)cn1. The quantitative estimate of drug-likeness (QED) is 0.462. The number of pyridine rings is 2. The number of aromatic nitrogens is 4. The lowest BCUT2D eigenvalue weighted by atomic mass is 10.0. The van der Waals surface area contributed by atoms with E-state index in [1.807, 2.05) is 48.7 Å². The molecule has 5 rings (SSSR count). The number of amides is 1. The fourth-order valence-corrected chi connectivity index (χ4v) is 5.81. The summed E-state index contributed by atoms with van der Waals surface area (Å²) in [7, 11) is 3.43. The van der Waals surface area contributed by atoms with E-state index in [4.69, 9.17) is 21.3 Å². The highest BCUT2D eigenvalue weighted by Gasteiger charge is 2.56. The maximum absolute atomic E-state index is 13.5. The van der Waals surface area contributed by atoms with E-state index in [9.17, 15) is 9.90 Å². The van der Waals surface area contributed by atoms with Crippen LogP contribution in [0.15, 0.2) is 30.6 Å². The first-order valence-corrected chi connectivity index (χ1v) is 13.3. The molecule has 9 nitrogen and oxygen atoms in total. The number of methoxy groups -OCH3 is 1. The largest absolute Gasteiger partial charge is 0.481 e. The fraction of sp³-hybridized carbons (Fsp3) is 0.500. The molecule has 3 aromatic heterocycles. The molecule has 2 N–H and O–H groups in total. The summed E-state index contributed by atoms with van der Waals surface area (Å²) in [5.74, 6) is 1.47. The van der Waals surface area contributed by atoms with Crippen molar-refractivity contribution in [2.24, 2.45) is 12.5 Å². The first kappa shape index (κ1) is 26.4. The molecule has 0 aromatic carbocycles. The molecule has 1 amide bonds. The molecule has 3 aromatic rings. The molecule has 0 radical (unpaired) electrons. The Morgan fingerprint density at radius 1 is 1.32 bits per heavy atom. The molecule has 2 fully saturated rings. The molecule has 1 aliphatic heterocycles. The molecule has 38 heavy (non-hydrogen) atoms. The average molecular weight is 539 g/mol. The molecule has 1 saturated heterocycles. The van der Waals surface area contributed by atoms with Crippen LogP contribution in [0, 0.1) is 12.3 Å². The van der Waals surface area contributed by atoms with Gasteiger partial charge >= 0.3 is 0 Å². The van der Waals surface area contributed by atoms with Gasteiger partial charge in [0.05, 0.1) is 29.8 Å². The van der Waals surface area contributed by atoms with Crippen molar-refractivity contribution >= 4 is 23.3 Å². The summed E-state index contributed by atoms with van der Waals surface area (Å²) in [5, 5.41) is 14.5. The molecule has 1 saturated carbocycles. The van der Waals surface area contributed by atoms with Gasteiger partial charge in [0.1, 0.15) is 17.2 Å². The Bertz CT molecular complexity index is 1380. The van der Waals surface area contributed by atoms with Gasteiger partial charge in [0.15, 0.2) is 0 Å². The number of likely N-dealkylation sites (tertiary alicyclic amines) is 1. The van der Waals surface area contributed by atoms with Crippen LogP contribution in [0.2, 0.25) is 5.02 Å². The number of anilines is 1. The predicted molar refractivity (Wildman–Crippen MR) is 146 cm³/mol. The Labute approximate surface area is 228 Å². The lowest BCUT2D eigenvalue weighted by molar-refractivity contribution is -0.131. The van der Waals surface area contributed by atoms with Gasteiger partial charge in [-0.25, -0.2) is 15.0 Å². The first-order chi connectivity index (χ1) is 17.9. The van der Waals surface area contributed by atoms with Crippen LogP contribution in [-0.2, 0) is 17.4 Å². The number of aliphatic hydroxyl groups is 1. The van der Waals surface area contributed by atoms with E-state index in [2.05, 4.69) is 15.3 Å². The van der Waals surface area contributed by atoms with E-state index in [0.29, 0.717) is 23.3 Å². The summed E-state index contributed by atoms with van der Waals surface area (Å²) in [4.78, 5) is 29.1. The second-order valence-electron chi connectivity index (χ2n) is 11.2. The van der Waals surface area contributed by atoms with Gasteiger partial charge in [0.2, 0.25) is 11.8 Å². The molecule has 0 bridgehead atoms. The summed E-state index contributed by atoms with van der Waals surface area (Å²) >= 11 is 6.38. The third-order valence-corrected chi connectivity index (χ3v) is 8.18. The van der Waals surface area contributed by atoms with Gasteiger partial charge in [0, 0.05) is 55.3 Å². The zero-order valence-electron chi connectivity index (χ0n) is 22.7. The van der Waals surface area contributed by atoms with Crippen LogP contribution in [0.1, 0.15) is 56.6 Å². The Balaban J connectivity index is 1.31. The van der Waals surface area contributed by atoms with Crippen LogP contribution >= 0.6 is 11.6 Å². The molecule has 202 valence electrons. The molecule has 10 heteroatoms. The lowest BCUT2D eigenvalue weighted by Crippen LogP contribution is -2.34. The first-order valence-electron chi connectivity index (χ1n) is 12.9. The highest BCUT2D eigenvalue weighted by molar-refractivity contribution is 6.31. The molecule has 1 aliphatic carbocycles. The molecule has 1 spiro atoms. The number of ether oxygens (including phenoxy) is 1. The maximum Gasteiger partial charge on any atom is 0.229 e. The van der Waals surface area contributed by atoms with E-state index in [-0.39, 0.29) is 17.4 Å². The van der Waals surface area contributed by atoms with Gasteiger partial charge < -0.3 is 24.6 Å². The van der Waals surface area contributed by atoms with Crippen molar-refractivity contribution in [2.45, 2.75) is 58.1 Å². The van der Waals surface area contributed by atoms with Crippen molar-refractivity contribution in [3.8, 4) is 17.1 Å². The van der Waals surface area contributed by atoms with Crippen LogP contribution < -0.4 is 10.1 Å². The maximum atomic E-state index is 13.5. The summed E-state index contributed by atoms with van der Waals surface area (Å²) in [6.07, 6.45) is 5.61. The van der Waals surface area contributed by atoms with Crippen molar-refractivity contribution in [3.05, 3.63) is 52.7 Å². The highest BCUT2D eigenvalue weighted by Crippen LogP contribution is 2.54. The molecule has 0 unspecified atom stereocenters. The Hall–Kier alpha value is -3.17. The third-order valence-electron chi connectivity index (χ3n) is 7.87. The Morgan fingerprint density at radius 2 is 2.05 bits per heavy atom. The minimum atomic E-state index is -1.04. The summed E-state index contributed by atoms with van der Waals surface area (Å²) in [6, 6.07) is 5.84. The average Bonchev–Trinajstić information content (AvgIpc) is 3.40. The van der Waals surface area contributed by atoms with Gasteiger partial charge in [-0.1, -0.05) is 11.6 Å². The van der Waals surface area contributed by atoms with Crippen LogP contribution in [0.3, 0.4) is 0 Å². The molecule has 4 heterocycles. The predicted octanol–water partition coefficient (Wildman–Crippen LogP) is 4.28. The molecular formula is C28H35ClN6O3. The molecular weight excluding hydrogens is 504 g/mol. The molecule has 2 aliphatic rings. The summed E-state index contributed by atoms with van der Waals surface area (Å²) < 4.78 is 7.08. The van der Waals surface area contributed by atoms with Crippen LogP contribution in [-0.4, -0.2) is 61.7 Å². The van der Waals surface area contributed by atoms with Gasteiger partial charge in [0.25, 0.3) is 0 Å². The third kappa shape index (κ3) is 4.85. The Morgan fingerprint density at radius 3 is 2.66 bits per heavy atom. The smallest absolute Gasteiger partial charge is 0.229 e. The highest BCUT2D eigenvalue weighted by atomic mass is 35.5. The van der Waals surface area contributed by atoms with E-state index < -0.39 is 11.5 Å². The van der Waals surface area contributed by atoms with Crippen molar-refractivity contribution in [3.63, 3.8) is 0 Å². The van der Waals surface area contributed by atoms with E-state index in [1.54, 1.807) is 27.0 Å². The fourth-order valence-electron chi connectivity index (χ4n) is 5.54. The number of halogens is 1. The van der Waals surface area contributed by atoms with Gasteiger partial charge in [-0.05, 0) is 58.2 Å². The zero-order chi connectivity index (χ0) is 27.4. The zero-order valence-corrected chi connectivity index (χ0v) is 23.5. The standard InChI is InChI=1S/C28H35ClN6O3/c1-16(19-11-24(38-6)30-12-20(19)29)25(36)35-14-22(28(15-35)9-10-28)33-23-8-7-18(17(2)31-23)21-13-34(5)26(32-21)27(3,4)37/h7-8,11-13,16,22,37H,9-10,14-15H2,1-6H3,(H,31,33)/t16-,22-/m1/s1. The number of carbonyl (C=O) groups excluding carboxylic acids is 1. The number of rotatable bonds is 7. The lowest BCUT2D eigenvalue weighted by Gasteiger charge is -2.22. The second-order valence-corrected chi connectivity index (χ2v) is 11.6. The topological polar surface area (TPSA) is 105 Å². The monoisotopic (exact) mass is 538 g/mol. The molecule has 2 atom stereocenters. The minimum absolute atomic E-state index is 0.0491. The number of imidazole rings is 1. The summed E-state index contributed by atoms with van der Waals surface area (Å²) in [6.45, 7) is 8.63. The number of hydrogen-bond donors (Lipinski definition) is 2. The number of nitrogens with one attached hydrogen (secondary N) is 1. The summed E-state index contributed by atoms with van der Waals surface area (Å²) in [5.41, 5.74) is 2.31. The van der Waals surface area contributed by atoms with E-state index in [1.165, 1.54) is 6.20 Å². The Kier molecular flexibility index (Phi) is 6.64. The van der Waals surface area contributed by atoms with E-state index >= 15 is 0 Å². The minimum Gasteiger partial charge on any atom is -0.481 e. The van der Waals surface area contributed by atoms with E-state index in [0.717, 1.165) is 47.7 Å². The van der Waals surface area contributed by atoms with Crippen LogP contribution in [0.25, 0.3) is 11.3 Å². The number of hydrogen-bond acceptors (Lipinski definition) is 7. The van der Waals surface area contributed by atoms with Crippen molar-refractivity contribution in [1.82, 2.24) is 24.4 Å². The number of carbonyl (C=O) groups is 1. The van der Waals surface area contributed by atoms with Crippen LogP contribution in [0.4, 0.5) is 5.82 Å².